The zero-order valence-electron chi connectivity index (χ0n) is 10.4. The highest BCUT2D eigenvalue weighted by Crippen LogP contribution is 2.16. The molecule has 6 nitrogen and oxygen atoms in total. The van der Waals surface area contributed by atoms with Gasteiger partial charge in [0.05, 0.1) is 0 Å². The summed E-state index contributed by atoms with van der Waals surface area (Å²) in [5.74, 6) is -0.918. The van der Waals surface area contributed by atoms with Crippen molar-refractivity contribution in [3.8, 4) is 17.3 Å². The Labute approximate surface area is 119 Å². The first-order chi connectivity index (χ1) is 9.63. The highest BCUT2D eigenvalue weighted by molar-refractivity contribution is 6.18. The lowest BCUT2D eigenvalue weighted by atomic mass is 10.2. The van der Waals surface area contributed by atoms with E-state index in [4.69, 9.17) is 11.6 Å². The lowest BCUT2D eigenvalue weighted by molar-refractivity contribution is 0.0951. The van der Waals surface area contributed by atoms with E-state index < -0.39 is 22.9 Å². The number of H-pyrrole nitrogens is 1. The standard InChI is InChI=1S/C13H12ClN3O3/c14-6-7-15-11(18)9-12(19)16-10(17-13(9)20)8-4-2-1-3-5-8/h1-5H,6-7H2,(H,15,18)(H2,16,17,19,20). The summed E-state index contributed by atoms with van der Waals surface area (Å²) >= 11 is 5.44. The van der Waals surface area contributed by atoms with Gasteiger partial charge in [-0.3, -0.25) is 9.59 Å². The van der Waals surface area contributed by atoms with Crippen LogP contribution in [0.1, 0.15) is 10.4 Å². The SMILES string of the molecule is O=C(NCCCl)c1c(O)nc(-c2ccccc2)[nH]c1=O. The number of amides is 1. The number of rotatable bonds is 4. The van der Waals surface area contributed by atoms with Gasteiger partial charge < -0.3 is 15.4 Å². The summed E-state index contributed by atoms with van der Waals surface area (Å²) in [5.41, 5.74) is -0.495. The number of alkyl halides is 1. The van der Waals surface area contributed by atoms with E-state index in [1.807, 2.05) is 6.07 Å². The van der Waals surface area contributed by atoms with E-state index in [0.717, 1.165) is 0 Å². The molecule has 0 spiro atoms. The number of aromatic hydroxyl groups is 1. The molecule has 1 aromatic carbocycles. The van der Waals surface area contributed by atoms with Gasteiger partial charge in [-0.2, -0.15) is 4.98 Å². The Balaban J connectivity index is 2.40. The van der Waals surface area contributed by atoms with Crippen LogP contribution in [0.3, 0.4) is 0 Å². The van der Waals surface area contributed by atoms with Crippen LogP contribution in [-0.4, -0.2) is 33.4 Å². The van der Waals surface area contributed by atoms with Gasteiger partial charge in [0, 0.05) is 18.0 Å². The Morgan fingerprint density at radius 3 is 2.65 bits per heavy atom. The average molecular weight is 294 g/mol. The molecule has 0 aliphatic carbocycles. The quantitative estimate of drug-likeness (QED) is 0.736. The fraction of sp³-hybridized carbons (Fsp3) is 0.154. The molecule has 0 bridgehead atoms. The van der Waals surface area contributed by atoms with Crippen LogP contribution in [0.4, 0.5) is 0 Å². The van der Waals surface area contributed by atoms with Crippen LogP contribution < -0.4 is 10.9 Å². The number of benzene rings is 1. The van der Waals surface area contributed by atoms with Gasteiger partial charge >= 0.3 is 0 Å². The van der Waals surface area contributed by atoms with Crippen molar-refractivity contribution in [3.63, 3.8) is 0 Å². The maximum atomic E-state index is 11.9. The average Bonchev–Trinajstić information content (AvgIpc) is 2.45. The van der Waals surface area contributed by atoms with Crippen LogP contribution in [0.2, 0.25) is 0 Å². The molecule has 0 fully saturated rings. The minimum atomic E-state index is -0.712. The third-order valence-corrected chi connectivity index (χ3v) is 2.74. The van der Waals surface area contributed by atoms with Gasteiger partial charge in [0.2, 0.25) is 5.88 Å². The second-order valence-corrected chi connectivity index (χ2v) is 4.30. The molecule has 2 rings (SSSR count). The van der Waals surface area contributed by atoms with Gasteiger partial charge in [-0.15, -0.1) is 11.6 Å². The molecule has 0 atom stereocenters. The summed E-state index contributed by atoms with van der Waals surface area (Å²) in [6.45, 7) is 0.194. The molecule has 0 aliphatic rings. The maximum Gasteiger partial charge on any atom is 0.267 e. The van der Waals surface area contributed by atoms with Crippen molar-refractivity contribution in [2.75, 3.05) is 12.4 Å². The van der Waals surface area contributed by atoms with Crippen molar-refractivity contribution in [1.29, 1.82) is 0 Å². The van der Waals surface area contributed by atoms with Gasteiger partial charge in [0.1, 0.15) is 5.82 Å². The van der Waals surface area contributed by atoms with Gasteiger partial charge in [-0.05, 0) is 0 Å². The molecule has 0 unspecified atom stereocenters. The fourth-order valence-electron chi connectivity index (χ4n) is 1.65. The van der Waals surface area contributed by atoms with Crippen LogP contribution in [-0.2, 0) is 0 Å². The predicted molar refractivity (Wildman–Crippen MR) is 75.0 cm³/mol. The molecule has 0 radical (unpaired) electrons. The first-order valence-electron chi connectivity index (χ1n) is 5.86. The molecule has 0 saturated carbocycles. The molecule has 1 aromatic heterocycles. The number of carbonyl (C=O) groups excluding carboxylic acids is 1. The number of carbonyl (C=O) groups is 1. The highest BCUT2D eigenvalue weighted by Gasteiger charge is 2.18. The number of aromatic nitrogens is 2. The first-order valence-corrected chi connectivity index (χ1v) is 6.40. The Morgan fingerprint density at radius 2 is 2.05 bits per heavy atom. The Hall–Kier alpha value is -2.34. The van der Waals surface area contributed by atoms with Crippen molar-refractivity contribution in [1.82, 2.24) is 15.3 Å². The number of halogens is 1. The minimum Gasteiger partial charge on any atom is -0.493 e. The van der Waals surface area contributed by atoms with Crippen LogP contribution in [0, 0.1) is 0 Å². The van der Waals surface area contributed by atoms with Crippen molar-refractivity contribution >= 4 is 17.5 Å². The Morgan fingerprint density at radius 1 is 1.35 bits per heavy atom. The minimum absolute atomic E-state index is 0.194. The van der Waals surface area contributed by atoms with Crippen LogP contribution in [0.25, 0.3) is 11.4 Å². The Kier molecular flexibility index (Phi) is 4.37. The molecular weight excluding hydrogens is 282 g/mol. The molecule has 0 aliphatic heterocycles. The molecule has 1 heterocycles. The van der Waals surface area contributed by atoms with E-state index in [1.165, 1.54) is 0 Å². The Bertz CT molecular complexity index is 670. The number of hydrogen-bond acceptors (Lipinski definition) is 4. The second kappa shape index (κ2) is 6.21. The summed E-state index contributed by atoms with van der Waals surface area (Å²) in [7, 11) is 0. The number of nitrogens with zero attached hydrogens (tertiary/aromatic N) is 1. The third kappa shape index (κ3) is 2.97. The first kappa shape index (κ1) is 14.1. The van der Waals surface area contributed by atoms with E-state index in [-0.39, 0.29) is 18.2 Å². The monoisotopic (exact) mass is 293 g/mol. The van der Waals surface area contributed by atoms with Crippen LogP contribution in [0.5, 0.6) is 5.88 Å². The van der Waals surface area contributed by atoms with Gasteiger partial charge in [0.25, 0.3) is 11.5 Å². The highest BCUT2D eigenvalue weighted by atomic mass is 35.5. The summed E-state index contributed by atoms with van der Waals surface area (Å²) in [6, 6.07) is 8.81. The lowest BCUT2D eigenvalue weighted by Crippen LogP contribution is -2.31. The summed E-state index contributed by atoms with van der Waals surface area (Å²) < 4.78 is 0. The number of aromatic amines is 1. The molecule has 2 aromatic rings. The zero-order valence-corrected chi connectivity index (χ0v) is 11.1. The summed E-state index contributed by atoms with van der Waals surface area (Å²) in [4.78, 5) is 29.9. The van der Waals surface area contributed by atoms with Crippen molar-refractivity contribution < 1.29 is 9.90 Å². The molecule has 1 amide bonds. The largest absolute Gasteiger partial charge is 0.493 e. The third-order valence-electron chi connectivity index (χ3n) is 2.55. The molecule has 7 heteroatoms. The lowest BCUT2D eigenvalue weighted by Gasteiger charge is -2.06. The van der Waals surface area contributed by atoms with Gasteiger partial charge in [-0.25, -0.2) is 0 Å². The van der Waals surface area contributed by atoms with Crippen molar-refractivity contribution in [2.24, 2.45) is 0 Å². The van der Waals surface area contributed by atoms with Crippen LogP contribution in [0.15, 0.2) is 35.1 Å². The number of hydrogen-bond donors (Lipinski definition) is 3. The molecular formula is C13H12ClN3O3. The van der Waals surface area contributed by atoms with Gasteiger partial charge in [0.15, 0.2) is 5.56 Å². The molecule has 20 heavy (non-hydrogen) atoms. The molecule has 104 valence electrons. The van der Waals surface area contributed by atoms with E-state index in [1.54, 1.807) is 24.3 Å². The summed E-state index contributed by atoms with van der Waals surface area (Å²) in [6.07, 6.45) is 0. The molecule has 0 saturated heterocycles. The van der Waals surface area contributed by atoms with E-state index in [2.05, 4.69) is 15.3 Å². The predicted octanol–water partition coefficient (Wildman–Crippen LogP) is 1.11. The zero-order chi connectivity index (χ0) is 14.5. The maximum absolute atomic E-state index is 11.9. The van der Waals surface area contributed by atoms with Crippen LogP contribution >= 0.6 is 11.6 Å². The van der Waals surface area contributed by atoms with E-state index in [0.29, 0.717) is 5.56 Å². The van der Waals surface area contributed by atoms with Crippen molar-refractivity contribution in [3.05, 3.63) is 46.2 Å². The van der Waals surface area contributed by atoms with Crippen molar-refractivity contribution in [2.45, 2.75) is 0 Å². The van der Waals surface area contributed by atoms with Gasteiger partial charge in [-0.1, -0.05) is 30.3 Å². The second-order valence-electron chi connectivity index (χ2n) is 3.92. The van der Waals surface area contributed by atoms with E-state index >= 15 is 0 Å². The van der Waals surface area contributed by atoms with E-state index in [9.17, 15) is 14.7 Å². The topological polar surface area (TPSA) is 95.1 Å². The summed E-state index contributed by atoms with van der Waals surface area (Å²) in [5, 5.41) is 12.2. The molecule has 3 N–H and O–H groups in total. The smallest absolute Gasteiger partial charge is 0.267 e. The number of nitrogens with one attached hydrogen (secondary N) is 2. The normalized spacial score (nSPS) is 10.2. The fourth-order valence-corrected chi connectivity index (χ4v) is 1.74.